The number of phenols is 2. The van der Waals surface area contributed by atoms with Crippen molar-refractivity contribution in [3.05, 3.63) is 47.5 Å². The van der Waals surface area contributed by atoms with Gasteiger partial charge in [0, 0.05) is 0 Å². The maximum atomic E-state index is 11.1. The first-order chi connectivity index (χ1) is 18.7. The highest BCUT2D eigenvalue weighted by Crippen LogP contribution is 2.57. The molecule has 3 aliphatic rings. The van der Waals surface area contributed by atoms with Crippen molar-refractivity contribution >= 4 is 0 Å². The molecule has 0 spiro atoms. The average Bonchev–Trinajstić information content (AvgIpc) is 3.48. The molecule has 2 aromatic carbocycles. The molecule has 3 aliphatic heterocycles. The Morgan fingerprint density at radius 3 is 1.79 bits per heavy atom. The Morgan fingerprint density at radius 2 is 1.26 bits per heavy atom. The zero-order valence-electron chi connectivity index (χ0n) is 21.1. The summed E-state index contributed by atoms with van der Waals surface area (Å²) in [7, 11) is 2.79. The van der Waals surface area contributed by atoms with Crippen molar-refractivity contribution in [3.63, 3.8) is 0 Å². The molecular weight excluding hydrogens is 520 g/mol. The molecule has 7 N–H and O–H groups in total. The van der Waals surface area contributed by atoms with Crippen molar-refractivity contribution in [2.24, 2.45) is 11.8 Å². The third kappa shape index (κ3) is 4.90. The molecule has 0 amide bonds. The first-order valence-corrected chi connectivity index (χ1v) is 12.4. The van der Waals surface area contributed by atoms with E-state index in [1.165, 1.54) is 26.4 Å². The van der Waals surface area contributed by atoms with Gasteiger partial charge in [0.05, 0.1) is 44.9 Å². The SMILES string of the molecule is COc1cc([C@H]2O[C@@H](O)[C@@H]3[C@H]2[C@H](O[C@@H]2O[C@H](CO)[C@@H](O)[C@H](O)[C@H]2O)O[C@@H]3c2ccc(O)c(OC)c2)ccc1O. The van der Waals surface area contributed by atoms with Crippen LogP contribution in [0.25, 0.3) is 0 Å². The van der Waals surface area contributed by atoms with Gasteiger partial charge in [-0.15, -0.1) is 0 Å². The minimum absolute atomic E-state index is 0.0952. The molecule has 39 heavy (non-hydrogen) atoms. The number of aliphatic hydroxyl groups excluding tert-OH is 5. The molecule has 13 heteroatoms. The van der Waals surface area contributed by atoms with Gasteiger partial charge >= 0.3 is 0 Å². The fourth-order valence-corrected chi connectivity index (χ4v) is 5.50. The smallest absolute Gasteiger partial charge is 0.189 e. The maximum Gasteiger partial charge on any atom is 0.189 e. The van der Waals surface area contributed by atoms with E-state index < -0.39 is 73.9 Å². The summed E-state index contributed by atoms with van der Waals surface area (Å²) in [4.78, 5) is 0. The second-order valence-electron chi connectivity index (χ2n) is 9.72. The highest BCUT2D eigenvalue weighted by molar-refractivity contribution is 5.44. The van der Waals surface area contributed by atoms with Crippen molar-refractivity contribution < 1.29 is 64.2 Å². The van der Waals surface area contributed by atoms with Crippen LogP contribution in [0.3, 0.4) is 0 Å². The highest BCUT2D eigenvalue weighted by atomic mass is 16.8. The Hall–Kier alpha value is -2.72. The minimum atomic E-state index is -1.68. The molecule has 3 saturated heterocycles. The normalized spacial score (nSPS) is 38.0. The first-order valence-electron chi connectivity index (χ1n) is 12.4. The van der Waals surface area contributed by atoms with Gasteiger partial charge in [0.1, 0.15) is 24.4 Å². The summed E-state index contributed by atoms with van der Waals surface area (Å²) >= 11 is 0. The van der Waals surface area contributed by atoms with Gasteiger partial charge in [-0.1, -0.05) is 12.1 Å². The Labute approximate surface area is 223 Å². The highest BCUT2D eigenvalue weighted by Gasteiger charge is 2.60. The van der Waals surface area contributed by atoms with Crippen molar-refractivity contribution in [1.29, 1.82) is 0 Å². The van der Waals surface area contributed by atoms with Crippen LogP contribution in [-0.4, -0.2) is 99.9 Å². The van der Waals surface area contributed by atoms with E-state index in [1.807, 2.05) is 0 Å². The fourth-order valence-electron chi connectivity index (χ4n) is 5.50. The Morgan fingerprint density at radius 1 is 0.692 bits per heavy atom. The van der Waals surface area contributed by atoms with Gasteiger partial charge in [0.2, 0.25) is 0 Å². The van der Waals surface area contributed by atoms with Gasteiger partial charge in [-0.3, -0.25) is 0 Å². The predicted molar refractivity (Wildman–Crippen MR) is 129 cm³/mol. The van der Waals surface area contributed by atoms with Crippen LogP contribution in [-0.2, 0) is 18.9 Å². The summed E-state index contributed by atoms with van der Waals surface area (Å²) in [6.45, 7) is -0.643. The third-order valence-corrected chi connectivity index (χ3v) is 7.54. The van der Waals surface area contributed by atoms with Crippen LogP contribution in [0, 0.1) is 11.8 Å². The number of ether oxygens (including phenoxy) is 6. The standard InChI is InChI=1S/C26H32O13/c1-34-14-7-10(3-5-12(14)28)22-17-18(23(37-24(17)33)11-4-6-13(29)15(8-11)35-2)25(38-22)39-26-21(32)20(31)19(30)16(9-27)36-26/h3-8,16-33H,9H2,1-2H3/t16-,17-,18-,19-,20+,21-,22-,23-,24-,25+,26+/m1/s1. The second kappa shape index (κ2) is 11.0. The number of aromatic hydroxyl groups is 2. The Balaban J connectivity index is 1.51. The number of phenolic OH excluding ortho intramolecular Hbond substituents is 2. The average molecular weight is 553 g/mol. The van der Waals surface area contributed by atoms with E-state index in [0.29, 0.717) is 11.1 Å². The van der Waals surface area contributed by atoms with Crippen LogP contribution in [0.1, 0.15) is 23.3 Å². The number of rotatable bonds is 7. The number of aliphatic hydroxyl groups is 5. The molecule has 2 aromatic rings. The summed E-state index contributed by atoms with van der Waals surface area (Å²) in [5.41, 5.74) is 1.07. The molecule has 13 nitrogen and oxygen atoms in total. The molecule has 0 aliphatic carbocycles. The summed E-state index contributed by atoms with van der Waals surface area (Å²) in [6.07, 6.45) is -11.8. The lowest BCUT2D eigenvalue weighted by Gasteiger charge is -2.41. The molecule has 0 unspecified atom stereocenters. The van der Waals surface area contributed by atoms with Gasteiger partial charge in [-0.25, -0.2) is 0 Å². The third-order valence-electron chi connectivity index (χ3n) is 7.54. The summed E-state index contributed by atoms with van der Waals surface area (Å²) in [6, 6.07) is 9.14. The number of fused-ring (bicyclic) bond motifs is 1. The van der Waals surface area contributed by atoms with Crippen molar-refractivity contribution in [2.75, 3.05) is 20.8 Å². The van der Waals surface area contributed by atoms with Crippen LogP contribution >= 0.6 is 0 Å². The van der Waals surface area contributed by atoms with E-state index in [0.717, 1.165) is 0 Å². The number of hydrogen-bond acceptors (Lipinski definition) is 13. The van der Waals surface area contributed by atoms with Gasteiger partial charge < -0.3 is 64.2 Å². The van der Waals surface area contributed by atoms with Crippen molar-refractivity contribution in [3.8, 4) is 23.0 Å². The van der Waals surface area contributed by atoms with E-state index in [4.69, 9.17) is 28.4 Å². The van der Waals surface area contributed by atoms with Crippen molar-refractivity contribution in [2.45, 2.75) is 55.5 Å². The molecule has 5 rings (SSSR count). The molecule has 3 fully saturated rings. The van der Waals surface area contributed by atoms with Gasteiger partial charge in [0.25, 0.3) is 0 Å². The van der Waals surface area contributed by atoms with Crippen LogP contribution < -0.4 is 9.47 Å². The number of hydrogen-bond donors (Lipinski definition) is 7. The number of methoxy groups -OCH3 is 2. The number of benzene rings is 2. The monoisotopic (exact) mass is 552 g/mol. The molecule has 0 radical (unpaired) electrons. The molecular formula is C26H32O13. The van der Waals surface area contributed by atoms with E-state index in [-0.39, 0.29) is 23.0 Å². The van der Waals surface area contributed by atoms with Crippen LogP contribution in [0.15, 0.2) is 36.4 Å². The lowest BCUT2D eigenvalue weighted by atomic mass is 9.83. The maximum absolute atomic E-state index is 11.1. The second-order valence-corrected chi connectivity index (χ2v) is 9.72. The predicted octanol–water partition coefficient (Wildman–Crippen LogP) is -0.349. The Kier molecular flexibility index (Phi) is 7.88. The van der Waals surface area contributed by atoms with Crippen molar-refractivity contribution in [1.82, 2.24) is 0 Å². The van der Waals surface area contributed by atoms with Crippen LogP contribution in [0.4, 0.5) is 0 Å². The summed E-state index contributed by atoms with van der Waals surface area (Å²) < 4.78 is 34.2. The summed E-state index contributed by atoms with van der Waals surface area (Å²) in [5.74, 6) is -1.27. The molecule has 3 heterocycles. The summed E-state index contributed by atoms with van der Waals surface area (Å²) in [5, 5.41) is 71.7. The van der Waals surface area contributed by atoms with Crippen LogP contribution in [0.5, 0.6) is 23.0 Å². The van der Waals surface area contributed by atoms with Crippen LogP contribution in [0.2, 0.25) is 0 Å². The van der Waals surface area contributed by atoms with E-state index >= 15 is 0 Å². The zero-order chi connectivity index (χ0) is 28.0. The quantitative estimate of drug-likeness (QED) is 0.236. The van der Waals surface area contributed by atoms with Gasteiger partial charge in [-0.05, 0) is 35.4 Å². The van der Waals surface area contributed by atoms with Gasteiger partial charge in [-0.2, -0.15) is 0 Å². The zero-order valence-corrected chi connectivity index (χ0v) is 21.1. The largest absolute Gasteiger partial charge is 0.504 e. The Bertz CT molecular complexity index is 1110. The first kappa shape index (κ1) is 27.8. The molecule has 0 bridgehead atoms. The topological polar surface area (TPSA) is 197 Å². The lowest BCUT2D eigenvalue weighted by molar-refractivity contribution is -0.342. The minimum Gasteiger partial charge on any atom is -0.504 e. The fraction of sp³-hybridized carbons (Fsp3) is 0.538. The molecule has 0 saturated carbocycles. The van der Waals surface area contributed by atoms with E-state index in [2.05, 4.69) is 0 Å². The lowest BCUT2D eigenvalue weighted by Crippen LogP contribution is -2.60. The van der Waals surface area contributed by atoms with Gasteiger partial charge in [0.15, 0.2) is 41.9 Å². The molecule has 0 aromatic heterocycles. The molecule has 11 atom stereocenters. The molecule has 214 valence electrons. The van der Waals surface area contributed by atoms with E-state index in [1.54, 1.807) is 24.3 Å². The van der Waals surface area contributed by atoms with E-state index in [9.17, 15) is 35.7 Å².